The molecule has 102 valence electrons. The van der Waals surface area contributed by atoms with E-state index >= 15 is 0 Å². The Kier molecular flexibility index (Phi) is 3.28. The van der Waals surface area contributed by atoms with Gasteiger partial charge in [-0.1, -0.05) is 0 Å². The maximum absolute atomic E-state index is 11.4. The van der Waals surface area contributed by atoms with Crippen molar-refractivity contribution in [3.63, 3.8) is 0 Å². The van der Waals surface area contributed by atoms with E-state index in [1.807, 2.05) is 23.7 Å². The molecule has 0 fully saturated rings. The van der Waals surface area contributed by atoms with Gasteiger partial charge in [0.2, 0.25) is 5.91 Å². The summed E-state index contributed by atoms with van der Waals surface area (Å²) in [6.45, 7) is 6.15. The van der Waals surface area contributed by atoms with Crippen LogP contribution >= 0.6 is 0 Å². The van der Waals surface area contributed by atoms with Gasteiger partial charge in [-0.05, 0) is 20.8 Å². The predicted octanol–water partition coefficient (Wildman–Crippen LogP) is 0.837. The molecule has 7 nitrogen and oxygen atoms in total. The van der Waals surface area contributed by atoms with Crippen molar-refractivity contribution in [2.24, 2.45) is 5.73 Å². The SMILES string of the molecule is CCNc1cn2ccnc2c(NC(C)(C)C(N)=O)n1. The van der Waals surface area contributed by atoms with Crippen LogP contribution in [0.3, 0.4) is 0 Å². The number of amides is 1. The van der Waals surface area contributed by atoms with Crippen LogP contribution < -0.4 is 16.4 Å². The van der Waals surface area contributed by atoms with Crippen LogP contribution in [0.2, 0.25) is 0 Å². The molecule has 1 amide bonds. The van der Waals surface area contributed by atoms with Crippen LogP contribution in [-0.4, -0.2) is 32.4 Å². The van der Waals surface area contributed by atoms with Gasteiger partial charge in [-0.3, -0.25) is 4.79 Å². The molecule has 0 aliphatic carbocycles. The minimum atomic E-state index is -0.899. The van der Waals surface area contributed by atoms with Gasteiger partial charge < -0.3 is 20.8 Å². The number of imidazole rings is 1. The smallest absolute Gasteiger partial charge is 0.242 e. The van der Waals surface area contributed by atoms with E-state index < -0.39 is 11.4 Å². The lowest BCUT2D eigenvalue weighted by molar-refractivity contribution is -0.121. The average molecular weight is 262 g/mol. The van der Waals surface area contributed by atoms with Crippen LogP contribution in [0.25, 0.3) is 5.65 Å². The number of carbonyl (C=O) groups excluding carboxylic acids is 1. The number of nitrogens with two attached hydrogens (primary N) is 1. The molecule has 0 saturated heterocycles. The summed E-state index contributed by atoms with van der Waals surface area (Å²) in [6.07, 6.45) is 5.34. The first-order valence-electron chi connectivity index (χ1n) is 6.09. The second-order valence-electron chi connectivity index (χ2n) is 4.78. The first-order valence-corrected chi connectivity index (χ1v) is 6.09. The number of nitrogens with one attached hydrogen (secondary N) is 2. The molecular weight excluding hydrogens is 244 g/mol. The monoisotopic (exact) mass is 262 g/mol. The summed E-state index contributed by atoms with van der Waals surface area (Å²) < 4.78 is 1.84. The normalized spacial score (nSPS) is 11.5. The molecule has 0 radical (unpaired) electrons. The highest BCUT2D eigenvalue weighted by atomic mass is 16.1. The number of hydrogen-bond acceptors (Lipinski definition) is 5. The lowest BCUT2D eigenvalue weighted by atomic mass is 10.1. The molecule has 0 aliphatic heterocycles. The molecule has 0 atom stereocenters. The Morgan fingerprint density at radius 2 is 2.26 bits per heavy atom. The summed E-state index contributed by atoms with van der Waals surface area (Å²) in [5.41, 5.74) is 5.11. The van der Waals surface area contributed by atoms with Gasteiger partial charge >= 0.3 is 0 Å². The number of carbonyl (C=O) groups is 1. The highest BCUT2D eigenvalue weighted by Crippen LogP contribution is 2.20. The Morgan fingerprint density at radius 1 is 1.53 bits per heavy atom. The molecule has 2 aromatic rings. The van der Waals surface area contributed by atoms with E-state index in [0.29, 0.717) is 17.3 Å². The molecule has 2 aromatic heterocycles. The largest absolute Gasteiger partial charge is 0.369 e. The number of anilines is 2. The Morgan fingerprint density at radius 3 is 2.89 bits per heavy atom. The van der Waals surface area contributed by atoms with Gasteiger partial charge in [-0.15, -0.1) is 0 Å². The first kappa shape index (κ1) is 13.1. The second kappa shape index (κ2) is 4.75. The number of fused-ring (bicyclic) bond motifs is 1. The van der Waals surface area contributed by atoms with E-state index in [4.69, 9.17) is 5.73 Å². The Bertz CT molecular complexity index is 603. The number of aromatic nitrogens is 3. The lowest BCUT2D eigenvalue weighted by Gasteiger charge is -2.23. The number of primary amides is 1. The molecule has 19 heavy (non-hydrogen) atoms. The van der Waals surface area contributed by atoms with Crippen molar-refractivity contribution in [3.05, 3.63) is 18.6 Å². The van der Waals surface area contributed by atoms with Crippen LogP contribution in [0.4, 0.5) is 11.6 Å². The van der Waals surface area contributed by atoms with E-state index in [2.05, 4.69) is 20.6 Å². The van der Waals surface area contributed by atoms with Crippen LogP contribution in [0, 0.1) is 0 Å². The molecular formula is C12H18N6O. The van der Waals surface area contributed by atoms with Crippen molar-refractivity contribution in [3.8, 4) is 0 Å². The second-order valence-corrected chi connectivity index (χ2v) is 4.78. The van der Waals surface area contributed by atoms with Gasteiger partial charge in [0.1, 0.15) is 11.4 Å². The summed E-state index contributed by atoms with van der Waals surface area (Å²) in [4.78, 5) is 20.0. The van der Waals surface area contributed by atoms with Gasteiger partial charge in [0.05, 0.1) is 6.20 Å². The zero-order valence-corrected chi connectivity index (χ0v) is 11.3. The Balaban J connectivity index is 2.45. The van der Waals surface area contributed by atoms with E-state index in [1.54, 1.807) is 20.0 Å². The Hall–Kier alpha value is -2.31. The maximum atomic E-state index is 11.4. The molecule has 2 heterocycles. The van der Waals surface area contributed by atoms with E-state index in [1.165, 1.54) is 0 Å². The molecule has 2 rings (SSSR count). The van der Waals surface area contributed by atoms with E-state index in [-0.39, 0.29) is 0 Å². The fraction of sp³-hybridized carbons (Fsp3) is 0.417. The zero-order chi connectivity index (χ0) is 14.0. The van der Waals surface area contributed by atoms with Gasteiger partial charge in [-0.25, -0.2) is 9.97 Å². The number of rotatable bonds is 5. The number of nitrogens with zero attached hydrogens (tertiary/aromatic N) is 3. The fourth-order valence-electron chi connectivity index (χ4n) is 1.64. The van der Waals surface area contributed by atoms with Crippen LogP contribution in [0.1, 0.15) is 20.8 Å². The maximum Gasteiger partial charge on any atom is 0.242 e. The van der Waals surface area contributed by atoms with Crippen LogP contribution in [-0.2, 0) is 4.79 Å². The van der Waals surface area contributed by atoms with Crippen molar-refractivity contribution in [2.45, 2.75) is 26.3 Å². The first-order chi connectivity index (χ1) is 8.94. The third-order valence-corrected chi connectivity index (χ3v) is 2.78. The van der Waals surface area contributed by atoms with E-state index in [0.717, 1.165) is 6.54 Å². The fourth-order valence-corrected chi connectivity index (χ4v) is 1.64. The van der Waals surface area contributed by atoms with Crippen molar-refractivity contribution in [1.29, 1.82) is 0 Å². The standard InChI is InChI=1S/C12H18N6O/c1-4-14-8-7-18-6-5-15-10(18)9(16-8)17-12(2,3)11(13)19/h5-7,14H,4H2,1-3H3,(H2,13,19)(H,16,17). The molecule has 7 heteroatoms. The Labute approximate surface area is 111 Å². The molecule has 0 bridgehead atoms. The van der Waals surface area contributed by atoms with Crippen molar-refractivity contribution < 1.29 is 4.79 Å². The summed E-state index contributed by atoms with van der Waals surface area (Å²) in [6, 6.07) is 0. The summed E-state index contributed by atoms with van der Waals surface area (Å²) in [5, 5.41) is 6.17. The lowest BCUT2D eigenvalue weighted by Crippen LogP contribution is -2.45. The molecule has 0 spiro atoms. The molecule has 4 N–H and O–H groups in total. The van der Waals surface area contributed by atoms with Gasteiger partial charge in [0, 0.05) is 18.9 Å². The van der Waals surface area contributed by atoms with Crippen LogP contribution in [0.15, 0.2) is 18.6 Å². The minimum Gasteiger partial charge on any atom is -0.369 e. The highest BCUT2D eigenvalue weighted by Gasteiger charge is 2.26. The van der Waals surface area contributed by atoms with Gasteiger partial charge in [-0.2, -0.15) is 0 Å². The van der Waals surface area contributed by atoms with Crippen molar-refractivity contribution in [1.82, 2.24) is 14.4 Å². The third-order valence-electron chi connectivity index (χ3n) is 2.78. The molecule has 0 aromatic carbocycles. The molecule has 0 unspecified atom stereocenters. The predicted molar refractivity (Wildman–Crippen MR) is 74.0 cm³/mol. The topological polar surface area (TPSA) is 97.3 Å². The molecule has 0 aliphatic rings. The third kappa shape index (κ3) is 2.59. The quantitative estimate of drug-likeness (QED) is 0.741. The zero-order valence-electron chi connectivity index (χ0n) is 11.3. The van der Waals surface area contributed by atoms with E-state index in [9.17, 15) is 4.79 Å². The van der Waals surface area contributed by atoms with Gasteiger partial charge in [0.25, 0.3) is 0 Å². The van der Waals surface area contributed by atoms with Crippen LogP contribution in [0.5, 0.6) is 0 Å². The van der Waals surface area contributed by atoms with Crippen molar-refractivity contribution in [2.75, 3.05) is 17.2 Å². The summed E-state index contributed by atoms with van der Waals surface area (Å²) in [5.74, 6) is 0.774. The number of hydrogen-bond donors (Lipinski definition) is 3. The summed E-state index contributed by atoms with van der Waals surface area (Å²) >= 11 is 0. The summed E-state index contributed by atoms with van der Waals surface area (Å²) in [7, 11) is 0. The van der Waals surface area contributed by atoms with Gasteiger partial charge in [0.15, 0.2) is 11.5 Å². The average Bonchev–Trinajstić information content (AvgIpc) is 2.77. The molecule has 0 saturated carbocycles. The highest BCUT2D eigenvalue weighted by molar-refractivity contribution is 5.87. The van der Waals surface area contributed by atoms with Crippen molar-refractivity contribution >= 4 is 23.2 Å². The minimum absolute atomic E-state index is 0.451.